The molecule has 0 fully saturated rings. The number of nitrogens with zero attached hydrogens (tertiary/aromatic N) is 3. The standard InChI is InChI=1S/C23H23Cl3N4O4S/c1-3-30-20(5-4-10-34-19-9-7-15(24)12-17(19)26)28-29-23(30)35-13-21(31)27-18-11-14(22(32)33-2)6-8-16(18)25/h6-9,11-12H,3-5,10,13H2,1-2H3,(H,27,31). The molecule has 0 aliphatic carbocycles. The number of carbonyl (C=O) groups is 2. The number of hydrogen-bond acceptors (Lipinski definition) is 7. The Morgan fingerprint density at radius 2 is 1.89 bits per heavy atom. The molecule has 1 heterocycles. The van der Waals surface area contributed by atoms with Crippen LogP contribution in [-0.4, -0.2) is 46.1 Å². The minimum Gasteiger partial charge on any atom is -0.492 e. The lowest BCUT2D eigenvalue weighted by Gasteiger charge is -2.10. The van der Waals surface area contributed by atoms with Crippen LogP contribution in [0.15, 0.2) is 41.6 Å². The van der Waals surface area contributed by atoms with Crippen molar-refractivity contribution in [1.29, 1.82) is 0 Å². The normalized spacial score (nSPS) is 10.8. The molecule has 0 unspecified atom stereocenters. The number of aryl methyl sites for hydroxylation is 1. The Balaban J connectivity index is 1.52. The van der Waals surface area contributed by atoms with Crippen LogP contribution in [0.2, 0.25) is 15.1 Å². The van der Waals surface area contributed by atoms with Crippen molar-refractivity contribution in [3.63, 3.8) is 0 Å². The number of methoxy groups -OCH3 is 1. The quantitative estimate of drug-likeness (QED) is 0.181. The van der Waals surface area contributed by atoms with Crippen molar-refractivity contribution >= 4 is 64.1 Å². The highest BCUT2D eigenvalue weighted by Gasteiger charge is 2.15. The predicted octanol–water partition coefficient (Wildman–Crippen LogP) is 5.79. The van der Waals surface area contributed by atoms with Gasteiger partial charge in [-0.25, -0.2) is 4.79 Å². The summed E-state index contributed by atoms with van der Waals surface area (Å²) >= 11 is 19.4. The fourth-order valence-electron chi connectivity index (χ4n) is 3.12. The maximum absolute atomic E-state index is 12.5. The van der Waals surface area contributed by atoms with E-state index in [-0.39, 0.29) is 17.2 Å². The molecule has 0 atom stereocenters. The zero-order chi connectivity index (χ0) is 25.4. The number of anilines is 1. The number of thioether (sulfide) groups is 1. The van der Waals surface area contributed by atoms with Crippen LogP contribution in [0, 0.1) is 0 Å². The summed E-state index contributed by atoms with van der Waals surface area (Å²) in [5.41, 5.74) is 0.621. The van der Waals surface area contributed by atoms with E-state index in [0.717, 1.165) is 5.82 Å². The van der Waals surface area contributed by atoms with E-state index in [0.29, 0.717) is 57.7 Å². The molecule has 8 nitrogen and oxygen atoms in total. The first-order valence-corrected chi connectivity index (χ1v) is 12.7. The number of aromatic nitrogens is 3. The molecule has 0 spiro atoms. The number of amides is 1. The van der Waals surface area contributed by atoms with Crippen molar-refractivity contribution in [2.45, 2.75) is 31.5 Å². The van der Waals surface area contributed by atoms with Crippen LogP contribution < -0.4 is 10.1 Å². The second-order valence-corrected chi connectivity index (χ2v) is 9.39. The summed E-state index contributed by atoms with van der Waals surface area (Å²) in [6.45, 7) is 3.09. The number of esters is 1. The zero-order valence-electron chi connectivity index (χ0n) is 19.0. The Morgan fingerprint density at radius 1 is 1.09 bits per heavy atom. The van der Waals surface area contributed by atoms with E-state index in [1.165, 1.54) is 37.1 Å². The van der Waals surface area contributed by atoms with Crippen molar-refractivity contribution < 1.29 is 19.1 Å². The summed E-state index contributed by atoms with van der Waals surface area (Å²) in [5, 5.41) is 13.2. The summed E-state index contributed by atoms with van der Waals surface area (Å²) in [6.07, 6.45) is 1.35. The Kier molecular flexibility index (Phi) is 10.1. The van der Waals surface area contributed by atoms with Crippen LogP contribution in [0.5, 0.6) is 5.75 Å². The SMILES string of the molecule is CCn1c(CCCOc2ccc(Cl)cc2Cl)nnc1SCC(=O)Nc1cc(C(=O)OC)ccc1Cl. The Labute approximate surface area is 222 Å². The minimum atomic E-state index is -0.517. The number of halogens is 3. The molecule has 2 aromatic carbocycles. The maximum atomic E-state index is 12.5. The van der Waals surface area contributed by atoms with Gasteiger partial charge in [-0.15, -0.1) is 10.2 Å². The van der Waals surface area contributed by atoms with Crippen molar-refractivity contribution in [3.8, 4) is 5.75 Å². The van der Waals surface area contributed by atoms with Gasteiger partial charge < -0.3 is 19.4 Å². The second-order valence-electron chi connectivity index (χ2n) is 7.19. The summed E-state index contributed by atoms with van der Waals surface area (Å²) < 4.78 is 12.4. The van der Waals surface area contributed by atoms with Crippen LogP contribution in [0.25, 0.3) is 0 Å². The summed E-state index contributed by atoms with van der Waals surface area (Å²) in [7, 11) is 1.28. The van der Waals surface area contributed by atoms with Crippen LogP contribution in [0.4, 0.5) is 5.69 Å². The van der Waals surface area contributed by atoms with Crippen LogP contribution in [0.1, 0.15) is 29.5 Å². The molecule has 3 rings (SSSR count). The lowest BCUT2D eigenvalue weighted by molar-refractivity contribution is -0.113. The smallest absolute Gasteiger partial charge is 0.337 e. The fourth-order valence-corrected chi connectivity index (χ4v) is 4.56. The number of ether oxygens (including phenoxy) is 2. The average molecular weight is 558 g/mol. The Morgan fingerprint density at radius 3 is 2.60 bits per heavy atom. The molecule has 0 saturated heterocycles. The van der Waals surface area contributed by atoms with Crippen LogP contribution >= 0.6 is 46.6 Å². The number of benzene rings is 2. The first-order chi connectivity index (χ1) is 16.8. The first-order valence-electron chi connectivity index (χ1n) is 10.6. The maximum Gasteiger partial charge on any atom is 0.337 e. The van der Waals surface area contributed by atoms with Crippen molar-refractivity contribution in [2.75, 3.05) is 24.8 Å². The molecule has 0 bridgehead atoms. The largest absolute Gasteiger partial charge is 0.492 e. The summed E-state index contributed by atoms with van der Waals surface area (Å²) in [5.74, 6) is 0.661. The fraction of sp³-hybridized carbons (Fsp3) is 0.304. The third-order valence-electron chi connectivity index (χ3n) is 4.80. The number of nitrogens with one attached hydrogen (secondary N) is 1. The van der Waals surface area contributed by atoms with Crippen molar-refractivity contribution in [1.82, 2.24) is 14.8 Å². The number of rotatable bonds is 11. The van der Waals surface area contributed by atoms with Gasteiger partial charge in [0, 0.05) is 18.0 Å². The topological polar surface area (TPSA) is 95.3 Å². The highest BCUT2D eigenvalue weighted by molar-refractivity contribution is 7.99. The van der Waals surface area contributed by atoms with Gasteiger partial charge in [0.05, 0.1) is 40.8 Å². The lowest BCUT2D eigenvalue weighted by Crippen LogP contribution is -2.15. The van der Waals surface area contributed by atoms with Gasteiger partial charge in [0.1, 0.15) is 11.6 Å². The van der Waals surface area contributed by atoms with Gasteiger partial charge in [0.2, 0.25) is 5.91 Å². The molecule has 12 heteroatoms. The van der Waals surface area contributed by atoms with Gasteiger partial charge in [0.25, 0.3) is 0 Å². The van der Waals surface area contributed by atoms with E-state index >= 15 is 0 Å². The third kappa shape index (κ3) is 7.51. The van der Waals surface area contributed by atoms with Gasteiger partial charge in [0.15, 0.2) is 5.16 Å². The van der Waals surface area contributed by atoms with E-state index in [9.17, 15) is 9.59 Å². The summed E-state index contributed by atoms with van der Waals surface area (Å²) in [4.78, 5) is 24.2. The molecule has 0 aliphatic heterocycles. The molecule has 0 saturated carbocycles. The van der Waals surface area contributed by atoms with E-state index in [1.807, 2.05) is 11.5 Å². The summed E-state index contributed by atoms with van der Waals surface area (Å²) in [6, 6.07) is 9.62. The molecular formula is C23H23Cl3N4O4S. The molecule has 1 aromatic heterocycles. The number of carbonyl (C=O) groups excluding carboxylic acids is 2. The monoisotopic (exact) mass is 556 g/mol. The van der Waals surface area contributed by atoms with Gasteiger partial charge in [-0.05, 0) is 49.7 Å². The third-order valence-corrected chi connectivity index (χ3v) is 6.63. The zero-order valence-corrected chi connectivity index (χ0v) is 22.1. The molecule has 0 radical (unpaired) electrons. The van der Waals surface area contributed by atoms with Gasteiger partial charge in [-0.2, -0.15) is 0 Å². The Hall–Kier alpha value is -2.46. The van der Waals surface area contributed by atoms with E-state index in [4.69, 9.17) is 44.3 Å². The molecule has 1 N–H and O–H groups in total. The highest BCUT2D eigenvalue weighted by atomic mass is 35.5. The molecule has 186 valence electrons. The van der Waals surface area contributed by atoms with Gasteiger partial charge in [-0.3, -0.25) is 4.79 Å². The van der Waals surface area contributed by atoms with Crippen molar-refractivity contribution in [2.24, 2.45) is 0 Å². The average Bonchev–Trinajstić information content (AvgIpc) is 3.24. The van der Waals surface area contributed by atoms with E-state index in [1.54, 1.807) is 18.2 Å². The molecule has 1 amide bonds. The van der Waals surface area contributed by atoms with Crippen LogP contribution in [-0.2, 0) is 22.5 Å². The van der Waals surface area contributed by atoms with Crippen molar-refractivity contribution in [3.05, 3.63) is 62.9 Å². The lowest BCUT2D eigenvalue weighted by atomic mass is 10.2. The van der Waals surface area contributed by atoms with Gasteiger partial charge in [-0.1, -0.05) is 46.6 Å². The molecule has 0 aliphatic rings. The molecule has 3 aromatic rings. The molecule has 35 heavy (non-hydrogen) atoms. The molecular weight excluding hydrogens is 535 g/mol. The number of hydrogen-bond donors (Lipinski definition) is 1. The van der Waals surface area contributed by atoms with Crippen LogP contribution in [0.3, 0.4) is 0 Å². The highest BCUT2D eigenvalue weighted by Crippen LogP contribution is 2.28. The second kappa shape index (κ2) is 13.0. The van der Waals surface area contributed by atoms with Gasteiger partial charge >= 0.3 is 5.97 Å². The predicted molar refractivity (Wildman–Crippen MR) is 138 cm³/mol. The van der Waals surface area contributed by atoms with E-state index < -0.39 is 5.97 Å². The Bertz CT molecular complexity index is 1210. The van der Waals surface area contributed by atoms with E-state index in [2.05, 4.69) is 15.5 Å². The minimum absolute atomic E-state index is 0.0924. The first kappa shape index (κ1) is 27.1.